The summed E-state index contributed by atoms with van der Waals surface area (Å²) in [5.41, 5.74) is -3.54. The number of carbonyl (C=O) groups excluding carboxylic acids is 2. The number of hydrogen-bond donors (Lipinski definition) is 8. The number of phenols is 3. The molecule has 11 fully saturated rings. The highest BCUT2D eigenvalue weighted by Crippen LogP contribution is 2.53. The largest absolute Gasteiger partial charge is 0.508 e. The zero-order valence-corrected chi connectivity index (χ0v) is 64.5. The molecule has 11 aliphatic heterocycles. The van der Waals surface area contributed by atoms with Gasteiger partial charge in [-0.15, -0.1) is 0 Å². The number of aryl methyl sites for hydroxylation is 1. The van der Waals surface area contributed by atoms with E-state index in [1.807, 2.05) is 0 Å². The van der Waals surface area contributed by atoms with Crippen molar-refractivity contribution in [1.82, 2.24) is 0 Å². The summed E-state index contributed by atoms with van der Waals surface area (Å²) in [6.45, 7) is 12.7. The zero-order chi connectivity index (χ0) is 80.2. The molecule has 111 heavy (non-hydrogen) atoms. The third-order valence-electron chi connectivity index (χ3n) is 22.5. The van der Waals surface area contributed by atoms with Crippen molar-refractivity contribution in [3.63, 3.8) is 0 Å². The van der Waals surface area contributed by atoms with Crippen molar-refractivity contribution in [3.8, 4) is 23.0 Å². The van der Waals surface area contributed by atoms with E-state index < -0.39 is 248 Å². The van der Waals surface area contributed by atoms with Gasteiger partial charge < -0.3 is 164 Å². The van der Waals surface area contributed by atoms with Gasteiger partial charge in [-0.2, -0.15) is 0 Å². The van der Waals surface area contributed by atoms with E-state index in [-0.39, 0.29) is 83.3 Å². The molecule has 0 amide bonds. The van der Waals surface area contributed by atoms with E-state index in [0.29, 0.717) is 0 Å². The molecule has 2 aromatic carbocycles. The van der Waals surface area contributed by atoms with Crippen LogP contribution in [0.2, 0.25) is 10.0 Å². The Labute approximate surface area is 645 Å². The molecule has 11 aliphatic rings. The fraction of sp³-hybridized carbons (Fsp3) is 0.800. The molecule has 0 unspecified atom stereocenters. The van der Waals surface area contributed by atoms with Crippen LogP contribution in [0.4, 0.5) is 0 Å². The third kappa shape index (κ3) is 15.5. The molecule has 624 valence electrons. The second-order valence-corrected chi connectivity index (χ2v) is 30.6. The fourth-order valence-electron chi connectivity index (χ4n) is 17.0. The van der Waals surface area contributed by atoms with E-state index in [1.54, 1.807) is 34.6 Å². The molecule has 0 aromatic heterocycles. The van der Waals surface area contributed by atoms with E-state index in [9.17, 15) is 60.6 Å². The van der Waals surface area contributed by atoms with Gasteiger partial charge in [-0.1, -0.05) is 23.2 Å². The van der Waals surface area contributed by atoms with Crippen molar-refractivity contribution in [2.45, 2.75) is 295 Å². The van der Waals surface area contributed by atoms with Crippen molar-refractivity contribution >= 4 is 35.1 Å². The monoisotopic (exact) mass is 1630 g/mol. The fourth-order valence-corrected chi connectivity index (χ4v) is 17.5. The quantitative estimate of drug-likeness (QED) is 0.0495. The van der Waals surface area contributed by atoms with Crippen LogP contribution >= 0.6 is 23.2 Å². The number of aliphatic hydroxyl groups is 5. The van der Waals surface area contributed by atoms with Gasteiger partial charge in [-0.05, 0) is 72.6 Å². The van der Waals surface area contributed by atoms with Crippen molar-refractivity contribution in [2.24, 2.45) is 0 Å². The summed E-state index contributed by atoms with van der Waals surface area (Å²) in [4.78, 5) is 39.8. The highest BCUT2D eigenvalue weighted by atomic mass is 35.5. The minimum atomic E-state index is -2.06. The molecule has 0 aliphatic carbocycles. The van der Waals surface area contributed by atoms with Gasteiger partial charge in [0.15, 0.2) is 73.7 Å². The summed E-state index contributed by atoms with van der Waals surface area (Å²) in [6.07, 6.45) is -40.9. The molecule has 8 N–H and O–H groups in total. The van der Waals surface area contributed by atoms with Crippen LogP contribution in [-0.4, -0.2) is 333 Å². The number of halogens is 2. The van der Waals surface area contributed by atoms with Crippen LogP contribution in [-0.2, 0) is 118 Å². The number of rotatable bonds is 21. The van der Waals surface area contributed by atoms with Gasteiger partial charge in [0.05, 0.1) is 81.4 Å². The number of phenolic OH excluding ortho intramolecular Hbond substituents is 3. The summed E-state index contributed by atoms with van der Waals surface area (Å²) in [7, 11) is 6.53. The van der Waals surface area contributed by atoms with E-state index in [4.69, 9.17) is 146 Å². The van der Waals surface area contributed by atoms with Crippen LogP contribution < -0.4 is 4.74 Å². The lowest BCUT2D eigenvalue weighted by molar-refractivity contribution is -0.595. The lowest BCUT2D eigenvalue weighted by Gasteiger charge is -2.50. The van der Waals surface area contributed by atoms with E-state index in [2.05, 4.69) is 0 Å². The minimum absolute atomic E-state index is 0.0700. The minimum Gasteiger partial charge on any atom is -0.508 e. The lowest BCUT2D eigenvalue weighted by atomic mass is 9.85. The summed E-state index contributed by atoms with van der Waals surface area (Å²) in [5.74, 6) is -7.54. The van der Waals surface area contributed by atoms with Crippen LogP contribution in [0.5, 0.6) is 23.0 Å². The van der Waals surface area contributed by atoms with Gasteiger partial charge in [-0.25, -0.2) is 9.59 Å². The van der Waals surface area contributed by atoms with Gasteiger partial charge >= 0.3 is 17.9 Å². The lowest BCUT2D eigenvalue weighted by Crippen LogP contribution is -2.68. The average molecular weight is 1630 g/mol. The Bertz CT molecular complexity index is 3630. The summed E-state index contributed by atoms with van der Waals surface area (Å²) >= 11 is 12.8. The Morgan fingerprint density at radius 3 is 1.98 bits per heavy atom. The highest BCUT2D eigenvalue weighted by molar-refractivity contribution is 6.39. The SMILES string of the molecule is COC[C@H]1O[C@@H](O[C@@H]2OC[C@@H]3O[C@]4(OC[C@@H](OC(=O)c5c(C)cc(O)cc5O)[C@@H]5OCO[C@H]54)O[C@H]3[C@H]2O)[C@@H](OC)[C@@H](O)[C@@H]1O[C@@H]1O[C@H](C)[C@H](OC)[C@H](O[C@@H]2O[C@H](C)[C@H]3O[C@]4(C[C@@H](O)[C@H](O[C@H]5C[C@@H](O[C@H]6C[C@](C)([N+](=O)[O-])[C@@H](OC)[C@H](C)O6)[C@H](OC(=O)c6c(C)c(Cl)c(O)c(Cl)c6OC)[C@@H](C)O5)[C@@H](C)O4)O[C@]3(C)[C@@H]2O)[C@H]1O. The normalized spacial score (nSPS) is 45.6. The van der Waals surface area contributed by atoms with Crippen LogP contribution in [0.15, 0.2) is 12.1 Å². The molecule has 0 radical (unpaired) electrons. The van der Waals surface area contributed by atoms with Gasteiger partial charge in [0.2, 0.25) is 0 Å². The van der Waals surface area contributed by atoms with E-state index >= 15 is 0 Å². The second kappa shape index (κ2) is 33.1. The maximum atomic E-state index is 14.3. The number of benzene rings is 2. The first kappa shape index (κ1) is 84.4. The van der Waals surface area contributed by atoms with Crippen LogP contribution in [0.3, 0.4) is 0 Å². The Morgan fingerprint density at radius 2 is 1.31 bits per heavy atom. The summed E-state index contributed by atoms with van der Waals surface area (Å²) in [6, 6.07) is 2.28. The molecule has 11 heterocycles. The number of methoxy groups -OCH3 is 5. The Kier molecular flexibility index (Phi) is 25.1. The van der Waals surface area contributed by atoms with E-state index in [0.717, 1.165) is 6.07 Å². The second-order valence-electron chi connectivity index (χ2n) is 29.9. The third-order valence-corrected chi connectivity index (χ3v) is 23.3. The first-order valence-corrected chi connectivity index (χ1v) is 37.1. The number of esters is 2. The van der Waals surface area contributed by atoms with Crippen LogP contribution in [0.1, 0.15) is 99.6 Å². The molecule has 11 saturated heterocycles. The van der Waals surface area contributed by atoms with Crippen molar-refractivity contribution in [1.29, 1.82) is 0 Å². The first-order valence-electron chi connectivity index (χ1n) is 36.3. The Balaban J connectivity index is 0.644. The summed E-state index contributed by atoms with van der Waals surface area (Å²) < 4.78 is 160. The molecule has 35 atom stereocenters. The number of nitrogens with zero attached hydrogens (tertiary/aromatic N) is 1. The number of fused-ring (bicyclic) bond motifs is 4. The van der Waals surface area contributed by atoms with Crippen molar-refractivity contribution in [3.05, 3.63) is 54.5 Å². The average Bonchev–Trinajstić information content (AvgIpc) is 1.58. The number of carbonyl (C=O) groups is 2. The molecule has 13 rings (SSSR count). The standard InChI is InChI=1S/C70H97Cl2NO38/c1-24-15-31(74)16-32(75)40(24)61(82)100-36-22-94-70(60-53(36)92-23-93-60)108-37-21-91-63(46(79)52(37)109-70)106-65-56(89-13)45(78)51(35(101-65)20-86-10)104-64-47(80)55(50(87-11)27(4)97-64)105-66-57(81)68(9)59(30(7)98-66)110-69(111-68)18-33(76)48(28(5)107-69)102-38-17-34(99-39-19-67(8,73(84)85)58(90-14)29(6)96-39)49(26(3)95-38)103-62(83)41-25(2)42(71)44(77)43(72)54(41)88-12/h15-16,26-30,33-39,45-53,55-60,63-66,74-81H,17-23H2,1-14H3/t26-,27-,28-,29+,30-,33-,34-,35-,36-,37+,38+,39+,45+,46-,47-,48-,49-,50+,51-,52-,53+,55-,56+,57-,58+,59-,60-,63+,64+,65+,66+,67+,68-,69-,70+/m1/s1. The Morgan fingerprint density at radius 1 is 0.613 bits per heavy atom. The predicted molar refractivity (Wildman–Crippen MR) is 363 cm³/mol. The molecule has 39 nitrogen and oxygen atoms in total. The first-order chi connectivity index (χ1) is 52.6. The number of aromatic hydroxyl groups is 3. The predicted octanol–water partition coefficient (Wildman–Crippen LogP) is 1.26. The van der Waals surface area contributed by atoms with Crippen LogP contribution in [0.25, 0.3) is 0 Å². The van der Waals surface area contributed by atoms with Crippen molar-refractivity contribution < 1.29 is 179 Å². The molecule has 2 aromatic rings. The zero-order valence-electron chi connectivity index (χ0n) is 63.0. The number of aliphatic hydroxyl groups excluding tert-OH is 5. The molecular formula is C70H97Cl2NO38. The highest BCUT2D eigenvalue weighted by Gasteiger charge is 2.70. The smallest absolute Gasteiger partial charge is 0.342 e. The maximum absolute atomic E-state index is 14.3. The Hall–Kier alpha value is -4.56. The van der Waals surface area contributed by atoms with Gasteiger partial charge in [0.25, 0.3) is 11.5 Å². The molecule has 2 spiro atoms. The summed E-state index contributed by atoms with van der Waals surface area (Å²) in [5, 5.41) is 104. The van der Waals surface area contributed by atoms with Gasteiger partial charge in [0.1, 0.15) is 132 Å². The van der Waals surface area contributed by atoms with Crippen molar-refractivity contribution in [2.75, 3.05) is 62.2 Å². The maximum Gasteiger partial charge on any atom is 0.342 e. The molecule has 41 heteroatoms. The van der Waals surface area contributed by atoms with E-state index in [1.165, 1.54) is 69.3 Å². The number of nitro groups is 1. The molecule has 0 bridgehead atoms. The molecular weight excluding hydrogens is 1530 g/mol. The van der Waals surface area contributed by atoms with Crippen LogP contribution in [0, 0.1) is 24.0 Å². The number of ether oxygens (including phenoxy) is 26. The van der Waals surface area contributed by atoms with Gasteiger partial charge in [0, 0.05) is 52.8 Å². The number of hydrogen-bond acceptors (Lipinski definition) is 38. The van der Waals surface area contributed by atoms with Gasteiger partial charge in [-0.3, -0.25) is 10.1 Å². The topological polar surface area (TPSA) is 479 Å². The molecule has 0 saturated carbocycles.